The van der Waals surface area contributed by atoms with Crippen LogP contribution in [0.25, 0.3) is 27.5 Å². The number of rotatable bonds is 8. The molecule has 2 nitrogen and oxygen atoms in total. The molecule has 0 aromatic heterocycles. The molecule has 43 heavy (non-hydrogen) atoms. The van der Waals surface area contributed by atoms with E-state index in [9.17, 15) is 0 Å². The number of benzene rings is 6. The van der Waals surface area contributed by atoms with Crippen molar-refractivity contribution in [2.75, 3.05) is 16.8 Å². The maximum Gasteiger partial charge on any atom is 0.0485 e. The van der Waals surface area contributed by atoms with Gasteiger partial charge in [0, 0.05) is 40.9 Å². The minimum absolute atomic E-state index is 1.12. The molecule has 2 heteroatoms. The van der Waals surface area contributed by atoms with Crippen LogP contribution in [0.15, 0.2) is 170 Å². The number of para-hydroxylation sites is 1. The Labute approximate surface area is 255 Å². The monoisotopic (exact) mass is 556 g/mol. The van der Waals surface area contributed by atoms with Crippen LogP contribution in [-0.2, 0) is 0 Å². The summed E-state index contributed by atoms with van der Waals surface area (Å²) in [6.07, 6.45) is 4.42. The van der Waals surface area contributed by atoms with Crippen LogP contribution in [-0.4, -0.2) is 7.05 Å². The molecule has 0 aliphatic rings. The molecule has 0 bridgehead atoms. The summed E-state index contributed by atoms with van der Waals surface area (Å²) in [6, 6.07) is 53.7. The zero-order valence-corrected chi connectivity index (χ0v) is 25.0. The van der Waals surface area contributed by atoms with Gasteiger partial charge >= 0.3 is 0 Å². The zero-order chi connectivity index (χ0) is 29.6. The van der Waals surface area contributed by atoms with Crippen LogP contribution in [0.3, 0.4) is 0 Å². The Morgan fingerprint density at radius 2 is 1.02 bits per heavy atom. The average Bonchev–Trinajstić information content (AvgIpc) is 3.08. The predicted octanol–water partition coefficient (Wildman–Crippen LogP) is 11.4. The summed E-state index contributed by atoms with van der Waals surface area (Å²) in [4.78, 5) is 4.57. The van der Waals surface area contributed by atoms with Gasteiger partial charge in [-0.1, -0.05) is 115 Å². The Bertz CT molecular complexity index is 1860. The van der Waals surface area contributed by atoms with Crippen LogP contribution in [0.1, 0.15) is 19.4 Å². The summed E-state index contributed by atoms with van der Waals surface area (Å²) in [5, 5.41) is 2.51. The highest BCUT2D eigenvalue weighted by molar-refractivity contribution is 5.94. The van der Waals surface area contributed by atoms with Gasteiger partial charge in [-0.2, -0.15) is 0 Å². The summed E-state index contributed by atoms with van der Waals surface area (Å²) in [7, 11) is 2.14. The lowest BCUT2D eigenvalue weighted by molar-refractivity contribution is 1.10. The van der Waals surface area contributed by atoms with Gasteiger partial charge in [0.15, 0.2) is 0 Å². The Morgan fingerprint density at radius 3 is 1.72 bits per heavy atom. The normalized spacial score (nSPS) is 11.9. The van der Waals surface area contributed by atoms with Crippen LogP contribution in [0.2, 0.25) is 0 Å². The molecule has 0 aliphatic carbocycles. The highest BCUT2D eigenvalue weighted by Gasteiger charge is 2.13. The molecule has 0 saturated carbocycles. The van der Waals surface area contributed by atoms with Gasteiger partial charge < -0.3 is 9.80 Å². The van der Waals surface area contributed by atoms with E-state index < -0.39 is 0 Å². The third-order valence-corrected chi connectivity index (χ3v) is 8.06. The number of fused-ring (bicyclic) bond motifs is 1. The first-order valence-electron chi connectivity index (χ1n) is 14.8. The topological polar surface area (TPSA) is 6.48 Å². The maximum absolute atomic E-state index is 2.31. The predicted molar refractivity (Wildman–Crippen MR) is 186 cm³/mol. The standard InChI is InChI=1S/C41H36N2/c1-31(21-22-32(2)42(3)41-20-12-16-36-15-10-11-19-40(36)41)33-23-27-38(28-24-33)43(37-17-8-5-9-18-37)39-29-25-35(26-30-39)34-13-6-4-7-14-34/h4-30H,1-3H3/b31-21+,32-22+. The van der Waals surface area contributed by atoms with E-state index >= 15 is 0 Å². The maximum atomic E-state index is 2.31. The fraction of sp³-hybridized carbons (Fsp3) is 0.0732. The molecule has 6 aromatic carbocycles. The minimum Gasteiger partial charge on any atom is -0.348 e. The number of hydrogen-bond acceptors (Lipinski definition) is 2. The molecule has 210 valence electrons. The quantitative estimate of drug-likeness (QED) is 0.172. The van der Waals surface area contributed by atoms with E-state index in [2.05, 4.69) is 195 Å². The van der Waals surface area contributed by atoms with E-state index in [0.29, 0.717) is 0 Å². The third kappa shape index (κ3) is 6.14. The lowest BCUT2D eigenvalue weighted by Gasteiger charge is -2.26. The van der Waals surface area contributed by atoms with Crippen LogP contribution < -0.4 is 9.80 Å². The van der Waals surface area contributed by atoms with Crippen molar-refractivity contribution in [1.29, 1.82) is 0 Å². The molecule has 0 heterocycles. The summed E-state index contributed by atoms with van der Waals surface area (Å²) < 4.78 is 0. The second-order valence-corrected chi connectivity index (χ2v) is 10.8. The first-order chi connectivity index (χ1) is 21.1. The first kappa shape index (κ1) is 27.8. The van der Waals surface area contributed by atoms with Crippen molar-refractivity contribution < 1.29 is 0 Å². The molecular weight excluding hydrogens is 520 g/mol. The molecule has 6 aromatic rings. The van der Waals surface area contributed by atoms with Crippen molar-refractivity contribution in [3.63, 3.8) is 0 Å². The molecule has 0 atom stereocenters. The van der Waals surface area contributed by atoms with E-state index in [4.69, 9.17) is 0 Å². The Balaban J connectivity index is 1.25. The molecule has 0 amide bonds. The Morgan fingerprint density at radius 1 is 0.488 bits per heavy atom. The van der Waals surface area contributed by atoms with Gasteiger partial charge in [0.25, 0.3) is 0 Å². The van der Waals surface area contributed by atoms with Gasteiger partial charge in [-0.15, -0.1) is 0 Å². The number of nitrogens with zero attached hydrogens (tertiary/aromatic N) is 2. The SMILES string of the molecule is C/C(=C\C=C(/C)N(C)c1cccc2ccccc12)c1ccc(N(c2ccccc2)c2ccc(-c3ccccc3)cc2)cc1. The van der Waals surface area contributed by atoms with E-state index in [1.54, 1.807) is 0 Å². The number of anilines is 4. The van der Waals surface area contributed by atoms with Crippen molar-refractivity contribution in [3.05, 3.63) is 175 Å². The number of hydrogen-bond donors (Lipinski definition) is 0. The second kappa shape index (κ2) is 12.7. The van der Waals surface area contributed by atoms with Crippen LogP contribution >= 0.6 is 0 Å². The fourth-order valence-electron chi connectivity index (χ4n) is 5.48. The van der Waals surface area contributed by atoms with Crippen molar-refractivity contribution in [2.24, 2.45) is 0 Å². The van der Waals surface area contributed by atoms with Crippen molar-refractivity contribution in [1.82, 2.24) is 0 Å². The van der Waals surface area contributed by atoms with Crippen molar-refractivity contribution in [3.8, 4) is 11.1 Å². The summed E-state index contributed by atoms with van der Waals surface area (Å²) in [6.45, 7) is 4.34. The first-order valence-corrected chi connectivity index (χ1v) is 14.8. The smallest absolute Gasteiger partial charge is 0.0485 e. The molecular formula is C41H36N2. The van der Waals surface area contributed by atoms with Gasteiger partial charge in [0.2, 0.25) is 0 Å². The highest BCUT2D eigenvalue weighted by Crippen LogP contribution is 2.36. The average molecular weight is 557 g/mol. The molecule has 0 radical (unpaired) electrons. The van der Waals surface area contributed by atoms with E-state index in [1.165, 1.54) is 44.4 Å². The van der Waals surface area contributed by atoms with Gasteiger partial charge in [-0.3, -0.25) is 0 Å². The fourth-order valence-corrected chi connectivity index (χ4v) is 5.48. The van der Waals surface area contributed by atoms with Gasteiger partial charge in [-0.05, 0) is 90.0 Å². The van der Waals surface area contributed by atoms with E-state index in [1.807, 2.05) is 0 Å². The lowest BCUT2D eigenvalue weighted by Crippen LogP contribution is -2.14. The van der Waals surface area contributed by atoms with Gasteiger partial charge in [0.1, 0.15) is 0 Å². The lowest BCUT2D eigenvalue weighted by atomic mass is 10.0. The van der Waals surface area contributed by atoms with Gasteiger partial charge in [-0.25, -0.2) is 0 Å². The van der Waals surface area contributed by atoms with Crippen LogP contribution in [0.4, 0.5) is 22.7 Å². The zero-order valence-electron chi connectivity index (χ0n) is 25.0. The van der Waals surface area contributed by atoms with E-state index in [-0.39, 0.29) is 0 Å². The molecule has 0 aliphatic heterocycles. The van der Waals surface area contributed by atoms with E-state index in [0.717, 1.165) is 17.1 Å². The van der Waals surface area contributed by atoms with Crippen LogP contribution in [0.5, 0.6) is 0 Å². The Kier molecular flexibility index (Phi) is 8.19. The molecule has 0 saturated heterocycles. The molecule has 0 unspecified atom stereocenters. The largest absolute Gasteiger partial charge is 0.348 e. The molecule has 0 spiro atoms. The Hall–Kier alpha value is -5.34. The molecule has 0 fully saturated rings. The van der Waals surface area contributed by atoms with Gasteiger partial charge in [0.05, 0.1) is 0 Å². The molecule has 6 rings (SSSR count). The minimum atomic E-state index is 1.12. The third-order valence-electron chi connectivity index (χ3n) is 8.06. The summed E-state index contributed by atoms with van der Waals surface area (Å²) >= 11 is 0. The molecule has 0 N–H and O–H groups in total. The van der Waals surface area contributed by atoms with Crippen molar-refractivity contribution >= 4 is 39.1 Å². The van der Waals surface area contributed by atoms with Crippen LogP contribution in [0, 0.1) is 0 Å². The summed E-state index contributed by atoms with van der Waals surface area (Å²) in [5.41, 5.74) is 10.6. The second-order valence-electron chi connectivity index (χ2n) is 10.8. The van der Waals surface area contributed by atoms with Crippen molar-refractivity contribution in [2.45, 2.75) is 13.8 Å². The summed E-state index contributed by atoms with van der Waals surface area (Å²) in [5.74, 6) is 0. The highest BCUT2D eigenvalue weighted by atomic mass is 15.1. The number of allylic oxidation sites excluding steroid dienone is 4.